The predicted molar refractivity (Wildman–Crippen MR) is 81.0 cm³/mol. The van der Waals surface area contributed by atoms with Crippen molar-refractivity contribution in [1.82, 2.24) is 0 Å². The lowest BCUT2D eigenvalue weighted by molar-refractivity contribution is 0.306. The minimum atomic E-state index is -0.348. The van der Waals surface area contributed by atoms with Gasteiger partial charge in [-0.15, -0.1) is 0 Å². The molecule has 0 saturated carbocycles. The normalized spacial score (nSPS) is 10.7. The molecule has 0 aliphatic heterocycles. The molecule has 0 amide bonds. The van der Waals surface area contributed by atoms with Gasteiger partial charge in [-0.05, 0) is 30.3 Å². The van der Waals surface area contributed by atoms with Crippen LogP contribution < -0.4 is 10.4 Å². The molecule has 3 rings (SSSR count). The third-order valence-corrected chi connectivity index (χ3v) is 3.72. The van der Waals surface area contributed by atoms with E-state index in [9.17, 15) is 4.79 Å². The van der Waals surface area contributed by atoms with E-state index in [-0.39, 0.29) is 5.63 Å². The summed E-state index contributed by atoms with van der Waals surface area (Å²) in [6, 6.07) is 16.4. The van der Waals surface area contributed by atoms with Gasteiger partial charge in [0, 0.05) is 21.5 Å². The predicted octanol–water partition coefficient (Wildman–Crippen LogP) is 4.13. The number of benzene rings is 2. The zero-order valence-electron chi connectivity index (χ0n) is 10.5. The Hall–Kier alpha value is -2.07. The Kier molecular flexibility index (Phi) is 3.56. The molecule has 0 radical (unpaired) electrons. The summed E-state index contributed by atoms with van der Waals surface area (Å²) in [4.78, 5) is 11.1. The van der Waals surface area contributed by atoms with E-state index in [1.54, 1.807) is 18.2 Å². The topological polar surface area (TPSA) is 39.4 Å². The highest BCUT2D eigenvalue weighted by Crippen LogP contribution is 2.22. The summed E-state index contributed by atoms with van der Waals surface area (Å²) in [5.41, 5.74) is 1.29. The zero-order chi connectivity index (χ0) is 13.9. The van der Waals surface area contributed by atoms with E-state index in [0.29, 0.717) is 12.2 Å². The van der Waals surface area contributed by atoms with E-state index in [1.807, 2.05) is 30.3 Å². The van der Waals surface area contributed by atoms with Crippen molar-refractivity contribution in [3.63, 3.8) is 0 Å². The quantitative estimate of drug-likeness (QED) is 0.677. The van der Waals surface area contributed by atoms with Crippen molar-refractivity contribution in [3.8, 4) is 5.75 Å². The average Bonchev–Trinajstić information content (AvgIpc) is 2.46. The van der Waals surface area contributed by atoms with E-state index < -0.39 is 0 Å². The Bertz CT molecular complexity index is 808. The Morgan fingerprint density at radius 3 is 2.75 bits per heavy atom. The first-order valence-corrected chi connectivity index (χ1v) is 6.92. The van der Waals surface area contributed by atoms with Crippen LogP contribution in [0.2, 0.25) is 0 Å². The van der Waals surface area contributed by atoms with Gasteiger partial charge in [-0.3, -0.25) is 0 Å². The summed E-state index contributed by atoms with van der Waals surface area (Å²) in [6.45, 7) is 0.476. The molecule has 0 fully saturated rings. The van der Waals surface area contributed by atoms with Crippen LogP contribution >= 0.6 is 15.9 Å². The van der Waals surface area contributed by atoms with Crippen molar-refractivity contribution in [3.05, 3.63) is 75.1 Å². The molecule has 2 aromatic carbocycles. The summed E-state index contributed by atoms with van der Waals surface area (Å²) in [7, 11) is 0. The average molecular weight is 331 g/mol. The highest BCUT2D eigenvalue weighted by atomic mass is 79.9. The SMILES string of the molecule is O=c1ccc2cc(OCc3ccccc3Br)ccc2o1. The summed E-state index contributed by atoms with van der Waals surface area (Å²) < 4.78 is 11.9. The molecule has 20 heavy (non-hydrogen) atoms. The van der Waals surface area contributed by atoms with Crippen molar-refractivity contribution in [2.75, 3.05) is 0 Å². The van der Waals surface area contributed by atoms with Crippen molar-refractivity contribution in [2.24, 2.45) is 0 Å². The van der Waals surface area contributed by atoms with Crippen LogP contribution in [0.4, 0.5) is 0 Å². The number of halogens is 1. The van der Waals surface area contributed by atoms with Crippen LogP contribution in [-0.2, 0) is 6.61 Å². The van der Waals surface area contributed by atoms with Gasteiger partial charge in [-0.25, -0.2) is 4.79 Å². The second kappa shape index (κ2) is 5.51. The number of hydrogen-bond acceptors (Lipinski definition) is 3. The summed E-state index contributed by atoms with van der Waals surface area (Å²) in [5.74, 6) is 0.738. The van der Waals surface area contributed by atoms with Crippen LogP contribution in [-0.4, -0.2) is 0 Å². The van der Waals surface area contributed by atoms with Crippen molar-refractivity contribution in [2.45, 2.75) is 6.61 Å². The van der Waals surface area contributed by atoms with E-state index in [0.717, 1.165) is 21.2 Å². The zero-order valence-corrected chi connectivity index (χ0v) is 12.1. The fraction of sp³-hybridized carbons (Fsp3) is 0.0625. The molecule has 0 aliphatic carbocycles. The molecule has 1 aromatic heterocycles. The molecular weight excluding hydrogens is 320 g/mol. The molecule has 0 bridgehead atoms. The van der Waals surface area contributed by atoms with Gasteiger partial charge >= 0.3 is 5.63 Å². The molecule has 3 nitrogen and oxygen atoms in total. The minimum Gasteiger partial charge on any atom is -0.489 e. The maximum absolute atomic E-state index is 11.1. The largest absolute Gasteiger partial charge is 0.489 e. The first-order chi connectivity index (χ1) is 9.72. The van der Waals surface area contributed by atoms with Crippen molar-refractivity contribution in [1.29, 1.82) is 0 Å². The number of fused-ring (bicyclic) bond motifs is 1. The van der Waals surface area contributed by atoms with Crippen LogP contribution in [0.1, 0.15) is 5.56 Å². The Balaban J connectivity index is 1.83. The number of hydrogen-bond donors (Lipinski definition) is 0. The Labute approximate surface area is 123 Å². The maximum Gasteiger partial charge on any atom is 0.336 e. The van der Waals surface area contributed by atoms with Crippen LogP contribution in [0.3, 0.4) is 0 Å². The first-order valence-electron chi connectivity index (χ1n) is 6.12. The van der Waals surface area contributed by atoms with Gasteiger partial charge in [0.2, 0.25) is 0 Å². The summed E-state index contributed by atoms with van der Waals surface area (Å²) in [6.07, 6.45) is 0. The van der Waals surface area contributed by atoms with Gasteiger partial charge in [-0.2, -0.15) is 0 Å². The Morgan fingerprint density at radius 1 is 1.05 bits per heavy atom. The second-order valence-electron chi connectivity index (χ2n) is 4.33. The first kappa shape index (κ1) is 12.9. The molecule has 0 saturated heterocycles. The van der Waals surface area contributed by atoms with Crippen molar-refractivity contribution >= 4 is 26.9 Å². The minimum absolute atomic E-state index is 0.348. The standard InChI is InChI=1S/C16H11BrO3/c17-14-4-2-1-3-12(14)10-19-13-6-7-15-11(9-13)5-8-16(18)20-15/h1-9H,10H2. The van der Waals surface area contributed by atoms with E-state index in [2.05, 4.69) is 15.9 Å². The lowest BCUT2D eigenvalue weighted by Gasteiger charge is -2.08. The van der Waals surface area contributed by atoms with Gasteiger partial charge in [0.05, 0.1) is 0 Å². The third kappa shape index (κ3) is 2.75. The lowest BCUT2D eigenvalue weighted by Crippen LogP contribution is -1.97. The van der Waals surface area contributed by atoms with E-state index in [4.69, 9.17) is 9.15 Å². The van der Waals surface area contributed by atoms with Gasteiger partial charge in [0.1, 0.15) is 17.9 Å². The van der Waals surface area contributed by atoms with Gasteiger partial charge in [0.25, 0.3) is 0 Å². The third-order valence-electron chi connectivity index (χ3n) is 2.94. The van der Waals surface area contributed by atoms with Crippen molar-refractivity contribution < 1.29 is 9.15 Å². The summed E-state index contributed by atoms with van der Waals surface area (Å²) >= 11 is 3.49. The number of ether oxygens (including phenoxy) is 1. The smallest absolute Gasteiger partial charge is 0.336 e. The van der Waals surface area contributed by atoms with Crippen LogP contribution in [0.5, 0.6) is 5.75 Å². The van der Waals surface area contributed by atoms with Gasteiger partial charge in [0.15, 0.2) is 0 Å². The van der Waals surface area contributed by atoms with E-state index in [1.165, 1.54) is 6.07 Å². The molecule has 1 heterocycles. The molecule has 0 aliphatic rings. The molecule has 3 aromatic rings. The van der Waals surface area contributed by atoms with Crippen LogP contribution in [0.15, 0.2) is 68.3 Å². The van der Waals surface area contributed by atoms with Crippen LogP contribution in [0, 0.1) is 0 Å². The van der Waals surface area contributed by atoms with E-state index >= 15 is 0 Å². The molecule has 0 unspecified atom stereocenters. The van der Waals surface area contributed by atoms with Gasteiger partial charge in [-0.1, -0.05) is 34.1 Å². The fourth-order valence-electron chi connectivity index (χ4n) is 1.92. The Morgan fingerprint density at radius 2 is 1.90 bits per heavy atom. The second-order valence-corrected chi connectivity index (χ2v) is 5.19. The summed E-state index contributed by atoms with van der Waals surface area (Å²) in [5, 5.41) is 0.842. The molecule has 100 valence electrons. The highest BCUT2D eigenvalue weighted by Gasteiger charge is 2.02. The van der Waals surface area contributed by atoms with Gasteiger partial charge < -0.3 is 9.15 Å². The molecule has 0 atom stereocenters. The number of rotatable bonds is 3. The molecule has 4 heteroatoms. The molecule has 0 spiro atoms. The van der Waals surface area contributed by atoms with Crippen LogP contribution in [0.25, 0.3) is 11.0 Å². The maximum atomic E-state index is 11.1. The lowest BCUT2D eigenvalue weighted by atomic mass is 10.2. The fourth-order valence-corrected chi connectivity index (χ4v) is 2.32. The monoisotopic (exact) mass is 330 g/mol. The molecular formula is C16H11BrO3. The highest BCUT2D eigenvalue weighted by molar-refractivity contribution is 9.10. The molecule has 0 N–H and O–H groups in total.